The van der Waals surface area contributed by atoms with Gasteiger partial charge in [0.2, 0.25) is 0 Å². The third-order valence-electron chi connectivity index (χ3n) is 10.6. The zero-order chi connectivity index (χ0) is 32.1. The Labute approximate surface area is 282 Å². The third kappa shape index (κ3) is 3.87. The van der Waals surface area contributed by atoms with Gasteiger partial charge in [-0.15, -0.1) is 0 Å². The van der Waals surface area contributed by atoms with E-state index < -0.39 is 0 Å². The molecule has 11 aromatic rings. The van der Waals surface area contributed by atoms with Crippen molar-refractivity contribution in [2.75, 3.05) is 0 Å². The second-order valence-corrected chi connectivity index (χ2v) is 13.2. The van der Waals surface area contributed by atoms with Gasteiger partial charge in [-0.3, -0.25) is 0 Å². The topological polar surface area (TPSA) is 13.1 Å². The van der Waals surface area contributed by atoms with Gasteiger partial charge in [-0.25, -0.2) is 0 Å². The van der Waals surface area contributed by atoms with Gasteiger partial charge in [0.25, 0.3) is 0 Å². The molecule has 0 radical (unpaired) electrons. The lowest BCUT2D eigenvalue weighted by Gasteiger charge is -2.15. The van der Waals surface area contributed by atoms with Crippen molar-refractivity contribution in [1.82, 2.24) is 0 Å². The minimum Gasteiger partial charge on any atom is -0.455 e. The van der Waals surface area contributed by atoms with Crippen LogP contribution in [0.1, 0.15) is 0 Å². The lowest BCUT2D eigenvalue weighted by atomic mass is 9.87. The van der Waals surface area contributed by atoms with Crippen LogP contribution in [-0.4, -0.2) is 0 Å². The Balaban J connectivity index is 1.19. The van der Waals surface area contributed by atoms with Crippen LogP contribution in [0.4, 0.5) is 0 Å². The molecule has 0 amide bonds. The first kappa shape index (κ1) is 26.6. The molecular weight excluding hydrogens is 593 g/mol. The Bertz CT molecular complexity index is 3070. The normalized spacial score (nSPS) is 12.1. The molecule has 0 atom stereocenters. The Morgan fingerprint density at radius 2 is 0.857 bits per heavy atom. The number of benzene rings is 10. The van der Waals surface area contributed by atoms with Crippen molar-refractivity contribution in [1.29, 1.82) is 0 Å². The summed E-state index contributed by atoms with van der Waals surface area (Å²) in [6, 6.07) is 62.0. The lowest BCUT2D eigenvalue weighted by molar-refractivity contribution is 0.674. The highest BCUT2D eigenvalue weighted by Crippen LogP contribution is 2.47. The summed E-state index contributed by atoms with van der Waals surface area (Å²) in [6.07, 6.45) is 0. The van der Waals surface area contributed by atoms with E-state index >= 15 is 0 Å². The average Bonchev–Trinajstić information content (AvgIpc) is 3.57. The van der Waals surface area contributed by atoms with Crippen molar-refractivity contribution in [2.24, 2.45) is 0 Å². The maximum atomic E-state index is 7.03. The Morgan fingerprint density at radius 1 is 0.265 bits per heavy atom. The summed E-state index contributed by atoms with van der Waals surface area (Å²) in [5, 5.41) is 14.8. The van der Waals surface area contributed by atoms with Gasteiger partial charge in [-0.2, -0.15) is 0 Å². The summed E-state index contributed by atoms with van der Waals surface area (Å²) in [5.41, 5.74) is 8.99. The molecule has 0 unspecified atom stereocenters. The fraction of sp³-hybridized carbons (Fsp3) is 0. The van der Waals surface area contributed by atoms with Crippen molar-refractivity contribution < 1.29 is 4.42 Å². The zero-order valence-electron chi connectivity index (χ0n) is 26.6. The number of hydrogen-bond donors (Lipinski definition) is 0. The summed E-state index contributed by atoms with van der Waals surface area (Å²) in [7, 11) is 0. The molecule has 49 heavy (non-hydrogen) atoms. The van der Waals surface area contributed by atoms with Gasteiger partial charge in [0.15, 0.2) is 0 Å². The van der Waals surface area contributed by atoms with Crippen molar-refractivity contribution >= 4 is 75.8 Å². The molecule has 0 bridgehead atoms. The minimum atomic E-state index is 0.926. The van der Waals surface area contributed by atoms with E-state index in [1.807, 2.05) is 0 Å². The molecular formula is C48H28O. The van der Waals surface area contributed by atoms with Crippen molar-refractivity contribution in [3.8, 4) is 33.4 Å². The molecule has 1 heteroatoms. The average molecular weight is 621 g/mol. The molecule has 0 aliphatic heterocycles. The van der Waals surface area contributed by atoms with E-state index in [2.05, 4.69) is 170 Å². The van der Waals surface area contributed by atoms with Crippen LogP contribution < -0.4 is 0 Å². The van der Waals surface area contributed by atoms with E-state index in [4.69, 9.17) is 4.42 Å². The van der Waals surface area contributed by atoms with E-state index in [1.165, 1.54) is 70.7 Å². The molecule has 1 aromatic heterocycles. The molecule has 0 aliphatic rings. The summed E-state index contributed by atoms with van der Waals surface area (Å²) < 4.78 is 7.03. The van der Waals surface area contributed by atoms with E-state index in [0.717, 1.165) is 38.5 Å². The fourth-order valence-electron chi connectivity index (χ4n) is 8.25. The van der Waals surface area contributed by atoms with Crippen LogP contribution in [0.3, 0.4) is 0 Å². The molecule has 11 rings (SSSR count). The first-order chi connectivity index (χ1) is 24.3. The van der Waals surface area contributed by atoms with Gasteiger partial charge in [-0.1, -0.05) is 146 Å². The quantitative estimate of drug-likeness (QED) is 0.179. The maximum Gasteiger partial charge on any atom is 0.143 e. The second kappa shape index (κ2) is 10.0. The summed E-state index contributed by atoms with van der Waals surface area (Å²) in [6.45, 7) is 0. The van der Waals surface area contributed by atoms with Gasteiger partial charge in [0.05, 0.1) is 0 Å². The predicted octanol–water partition coefficient (Wildman–Crippen LogP) is 13.8. The van der Waals surface area contributed by atoms with Gasteiger partial charge in [0.1, 0.15) is 11.2 Å². The minimum absolute atomic E-state index is 0.926. The Morgan fingerprint density at radius 3 is 1.71 bits per heavy atom. The van der Waals surface area contributed by atoms with E-state index in [1.54, 1.807) is 0 Å². The highest BCUT2D eigenvalue weighted by atomic mass is 16.3. The fourth-order valence-corrected chi connectivity index (χ4v) is 8.25. The smallest absolute Gasteiger partial charge is 0.143 e. The molecule has 1 heterocycles. The van der Waals surface area contributed by atoms with Crippen LogP contribution in [0, 0.1) is 0 Å². The van der Waals surface area contributed by atoms with Crippen molar-refractivity contribution in [3.63, 3.8) is 0 Å². The summed E-state index contributed by atoms with van der Waals surface area (Å²) in [4.78, 5) is 0. The van der Waals surface area contributed by atoms with Gasteiger partial charge in [0, 0.05) is 21.7 Å². The molecule has 0 fully saturated rings. The number of furan rings is 1. The number of hydrogen-bond acceptors (Lipinski definition) is 1. The van der Waals surface area contributed by atoms with Crippen LogP contribution in [-0.2, 0) is 0 Å². The highest BCUT2D eigenvalue weighted by Gasteiger charge is 2.21. The van der Waals surface area contributed by atoms with Crippen LogP contribution in [0.25, 0.3) is 109 Å². The Kier molecular flexibility index (Phi) is 5.45. The molecule has 226 valence electrons. The van der Waals surface area contributed by atoms with E-state index in [0.29, 0.717) is 0 Å². The summed E-state index contributed by atoms with van der Waals surface area (Å²) in [5.74, 6) is 0. The van der Waals surface area contributed by atoms with Crippen molar-refractivity contribution in [3.05, 3.63) is 170 Å². The third-order valence-corrected chi connectivity index (χ3v) is 10.6. The number of fused-ring (bicyclic) bond motifs is 6. The lowest BCUT2D eigenvalue weighted by Crippen LogP contribution is -1.89. The second-order valence-electron chi connectivity index (χ2n) is 13.2. The van der Waals surface area contributed by atoms with Gasteiger partial charge >= 0.3 is 0 Å². The Hall–Kier alpha value is -6.44. The SMILES string of the molecule is c1ccc(-c2ccc3cc(-c4ccc(-c5ccc6ccc7cccc8ccc5c6c78)c5c4oc4c6ccccc6ccc45)ccc3c2)cc1. The molecule has 0 aliphatic carbocycles. The van der Waals surface area contributed by atoms with Crippen LogP contribution >= 0.6 is 0 Å². The maximum absolute atomic E-state index is 7.03. The van der Waals surface area contributed by atoms with Gasteiger partial charge < -0.3 is 4.42 Å². The summed E-state index contributed by atoms with van der Waals surface area (Å²) >= 11 is 0. The largest absolute Gasteiger partial charge is 0.455 e. The first-order valence-corrected chi connectivity index (χ1v) is 16.9. The highest BCUT2D eigenvalue weighted by molar-refractivity contribution is 6.28. The number of rotatable bonds is 3. The standard InChI is InChI=1S/C48H28O/c1-2-7-29(8-3-1)34-15-16-36-28-37(18-17-35(36)27-34)39-25-26-42(46-43-24-19-30-9-4-5-12-38(30)47(43)49-48(39)46)40-22-20-33-14-13-31-10-6-11-32-21-23-41(40)45(33)44(31)32/h1-28H. The van der Waals surface area contributed by atoms with E-state index in [9.17, 15) is 0 Å². The van der Waals surface area contributed by atoms with Gasteiger partial charge in [-0.05, 0) is 101 Å². The molecule has 0 saturated carbocycles. The molecule has 0 spiro atoms. The first-order valence-electron chi connectivity index (χ1n) is 16.9. The van der Waals surface area contributed by atoms with Crippen molar-refractivity contribution in [2.45, 2.75) is 0 Å². The molecule has 10 aromatic carbocycles. The molecule has 1 nitrogen and oxygen atoms in total. The van der Waals surface area contributed by atoms with Crippen LogP contribution in [0.2, 0.25) is 0 Å². The monoisotopic (exact) mass is 620 g/mol. The molecule has 0 saturated heterocycles. The predicted molar refractivity (Wildman–Crippen MR) is 209 cm³/mol. The van der Waals surface area contributed by atoms with Crippen LogP contribution in [0.15, 0.2) is 174 Å². The zero-order valence-corrected chi connectivity index (χ0v) is 26.6. The van der Waals surface area contributed by atoms with Crippen LogP contribution in [0.5, 0.6) is 0 Å². The molecule has 0 N–H and O–H groups in total. The van der Waals surface area contributed by atoms with E-state index in [-0.39, 0.29) is 0 Å².